The highest BCUT2D eigenvalue weighted by Gasteiger charge is 2.06. The Labute approximate surface area is 105 Å². The molecule has 0 bridgehead atoms. The largest absolute Gasteiger partial charge is 0.346 e. The first-order valence-electron chi connectivity index (χ1n) is 5.51. The summed E-state index contributed by atoms with van der Waals surface area (Å²) in [6, 6.07) is 7.69. The van der Waals surface area contributed by atoms with E-state index >= 15 is 0 Å². The van der Waals surface area contributed by atoms with Crippen LogP contribution >= 0.6 is 0 Å². The number of H-pyrrole nitrogens is 1. The number of benzene rings is 1. The molecule has 0 atom stereocenters. The van der Waals surface area contributed by atoms with Gasteiger partial charge in [0.25, 0.3) is 0 Å². The quantitative estimate of drug-likeness (QED) is 0.374. The molecule has 0 spiro atoms. The number of aromatic amines is 1. The zero-order chi connectivity index (χ0) is 13.0. The second-order valence-electron chi connectivity index (χ2n) is 3.86. The van der Waals surface area contributed by atoms with E-state index in [-0.39, 0.29) is 0 Å². The van der Waals surface area contributed by atoms with Gasteiger partial charge < -0.3 is 4.98 Å². The summed E-state index contributed by atoms with van der Waals surface area (Å²) >= 11 is 0. The molecule has 0 unspecified atom stereocenters. The maximum atomic E-state index is 8.31. The van der Waals surface area contributed by atoms with Crippen molar-refractivity contribution in [3.63, 3.8) is 0 Å². The molecule has 18 heavy (non-hydrogen) atoms. The molecule has 0 saturated carbocycles. The van der Waals surface area contributed by atoms with Crippen molar-refractivity contribution in [1.82, 2.24) is 15.3 Å². The Morgan fingerprint density at radius 2 is 2.06 bits per heavy atom. The molecule has 1 aromatic carbocycles. The monoisotopic (exact) mass is 239 g/mol. The molecule has 5 heteroatoms. The average Bonchev–Trinajstić information content (AvgIpc) is 2.70. The standard InChI is InChI=1S/C13H13N5/c1-9-13(18-10(2)17-9)11-3-5-12(6-4-11)16-8-15-7-14/h3-6,8H,1-2H3,(H,15,16)(H,17,18). The van der Waals surface area contributed by atoms with Crippen LogP contribution in [0.1, 0.15) is 11.5 Å². The smallest absolute Gasteiger partial charge is 0.182 e. The first-order chi connectivity index (χ1) is 8.70. The molecule has 2 rings (SSSR count). The van der Waals surface area contributed by atoms with E-state index in [1.807, 2.05) is 38.1 Å². The van der Waals surface area contributed by atoms with Crippen molar-refractivity contribution in [1.29, 1.82) is 5.26 Å². The van der Waals surface area contributed by atoms with Gasteiger partial charge in [-0.25, -0.2) is 9.98 Å². The summed E-state index contributed by atoms with van der Waals surface area (Å²) < 4.78 is 0. The summed E-state index contributed by atoms with van der Waals surface area (Å²) in [5.41, 5.74) is 3.84. The second kappa shape index (κ2) is 5.15. The average molecular weight is 239 g/mol. The van der Waals surface area contributed by atoms with Gasteiger partial charge in [0, 0.05) is 11.3 Å². The molecule has 0 aliphatic heterocycles. The fourth-order valence-corrected chi connectivity index (χ4v) is 1.73. The van der Waals surface area contributed by atoms with Gasteiger partial charge in [-0.2, -0.15) is 5.26 Å². The molecule has 0 aliphatic rings. The molecule has 0 saturated heterocycles. The number of imidazole rings is 1. The number of rotatable bonds is 3. The summed E-state index contributed by atoms with van der Waals surface area (Å²) in [4.78, 5) is 11.7. The lowest BCUT2D eigenvalue weighted by Gasteiger charge is -1.99. The minimum absolute atomic E-state index is 0.784. The Kier molecular flexibility index (Phi) is 3.39. The lowest BCUT2D eigenvalue weighted by Crippen LogP contribution is -1.98. The molecule has 2 N–H and O–H groups in total. The predicted molar refractivity (Wildman–Crippen MR) is 70.4 cm³/mol. The number of aliphatic imine (C=N–C) groups is 1. The molecule has 0 amide bonds. The van der Waals surface area contributed by atoms with E-state index in [0.717, 1.165) is 28.5 Å². The number of nitrogens with one attached hydrogen (secondary N) is 2. The van der Waals surface area contributed by atoms with Crippen LogP contribution in [0.3, 0.4) is 0 Å². The lowest BCUT2D eigenvalue weighted by atomic mass is 10.1. The van der Waals surface area contributed by atoms with Crippen LogP contribution < -0.4 is 5.32 Å². The SMILES string of the molecule is Cc1nc(-c2ccc(/N=C/NC#N)cc2)c(C)[nH]1. The highest BCUT2D eigenvalue weighted by atomic mass is 14.9. The Morgan fingerprint density at radius 1 is 1.33 bits per heavy atom. The summed E-state index contributed by atoms with van der Waals surface area (Å²) in [6.45, 7) is 3.93. The van der Waals surface area contributed by atoms with Crippen LogP contribution in [-0.4, -0.2) is 16.3 Å². The van der Waals surface area contributed by atoms with Gasteiger partial charge in [0.2, 0.25) is 0 Å². The summed E-state index contributed by atoms with van der Waals surface area (Å²) in [5.74, 6) is 0.905. The van der Waals surface area contributed by atoms with Crippen LogP contribution in [0.4, 0.5) is 5.69 Å². The third-order valence-electron chi connectivity index (χ3n) is 2.49. The lowest BCUT2D eigenvalue weighted by molar-refractivity contribution is 1.13. The van der Waals surface area contributed by atoms with Crippen molar-refractivity contribution in [3.8, 4) is 17.5 Å². The van der Waals surface area contributed by atoms with Crippen LogP contribution in [0.25, 0.3) is 11.3 Å². The van der Waals surface area contributed by atoms with Gasteiger partial charge in [-0.05, 0) is 26.0 Å². The van der Waals surface area contributed by atoms with Gasteiger partial charge in [-0.3, -0.25) is 5.32 Å². The molecular formula is C13H13N5. The molecule has 1 heterocycles. The molecule has 1 aromatic heterocycles. The fraction of sp³-hybridized carbons (Fsp3) is 0.154. The van der Waals surface area contributed by atoms with Crippen LogP contribution in [0, 0.1) is 25.3 Å². The highest BCUT2D eigenvalue weighted by molar-refractivity contribution is 5.67. The maximum absolute atomic E-state index is 8.31. The Balaban J connectivity index is 2.23. The van der Waals surface area contributed by atoms with E-state index in [4.69, 9.17) is 5.26 Å². The normalized spacial score (nSPS) is 10.5. The molecule has 2 aromatic rings. The first kappa shape index (κ1) is 11.9. The molecular weight excluding hydrogens is 226 g/mol. The number of hydrogen-bond donors (Lipinski definition) is 2. The van der Waals surface area contributed by atoms with Crippen molar-refractivity contribution in [2.45, 2.75) is 13.8 Å². The van der Waals surface area contributed by atoms with Crippen LogP contribution in [0.2, 0.25) is 0 Å². The van der Waals surface area contributed by atoms with Crippen LogP contribution in [0.15, 0.2) is 29.3 Å². The van der Waals surface area contributed by atoms with E-state index in [1.165, 1.54) is 6.34 Å². The van der Waals surface area contributed by atoms with Gasteiger partial charge >= 0.3 is 0 Å². The molecule has 0 aliphatic carbocycles. The van der Waals surface area contributed by atoms with Gasteiger partial charge in [-0.1, -0.05) is 12.1 Å². The Bertz CT molecular complexity index is 601. The van der Waals surface area contributed by atoms with Crippen LogP contribution in [0.5, 0.6) is 0 Å². The van der Waals surface area contributed by atoms with Gasteiger partial charge in [-0.15, -0.1) is 0 Å². The van der Waals surface area contributed by atoms with Gasteiger partial charge in [0.1, 0.15) is 12.2 Å². The number of aryl methyl sites for hydroxylation is 2. The summed E-state index contributed by atoms with van der Waals surface area (Å²) in [6.07, 6.45) is 3.13. The summed E-state index contributed by atoms with van der Waals surface area (Å²) in [7, 11) is 0. The second-order valence-corrected chi connectivity index (χ2v) is 3.86. The summed E-state index contributed by atoms with van der Waals surface area (Å²) in [5, 5.41) is 10.7. The number of nitrogens with zero attached hydrogens (tertiary/aromatic N) is 3. The van der Waals surface area contributed by atoms with E-state index in [9.17, 15) is 0 Å². The van der Waals surface area contributed by atoms with Gasteiger partial charge in [0.15, 0.2) is 6.19 Å². The zero-order valence-corrected chi connectivity index (χ0v) is 10.2. The van der Waals surface area contributed by atoms with E-state index in [1.54, 1.807) is 6.19 Å². The number of hydrogen-bond acceptors (Lipinski definition) is 3. The first-order valence-corrected chi connectivity index (χ1v) is 5.51. The molecule has 90 valence electrons. The van der Waals surface area contributed by atoms with E-state index < -0.39 is 0 Å². The maximum Gasteiger partial charge on any atom is 0.182 e. The highest BCUT2D eigenvalue weighted by Crippen LogP contribution is 2.23. The van der Waals surface area contributed by atoms with Crippen molar-refractivity contribution in [3.05, 3.63) is 35.8 Å². The fourth-order valence-electron chi connectivity index (χ4n) is 1.73. The van der Waals surface area contributed by atoms with Gasteiger partial charge in [0.05, 0.1) is 11.4 Å². The third kappa shape index (κ3) is 2.55. The van der Waals surface area contributed by atoms with Crippen molar-refractivity contribution < 1.29 is 0 Å². The zero-order valence-electron chi connectivity index (χ0n) is 10.2. The Hall–Kier alpha value is -2.61. The van der Waals surface area contributed by atoms with E-state index in [0.29, 0.717) is 0 Å². The number of nitriles is 1. The topological polar surface area (TPSA) is 76.9 Å². The van der Waals surface area contributed by atoms with E-state index in [2.05, 4.69) is 20.3 Å². The van der Waals surface area contributed by atoms with Crippen molar-refractivity contribution >= 4 is 12.0 Å². The Morgan fingerprint density at radius 3 is 2.61 bits per heavy atom. The van der Waals surface area contributed by atoms with Crippen LogP contribution in [-0.2, 0) is 0 Å². The molecule has 0 fully saturated rings. The molecule has 0 radical (unpaired) electrons. The number of aromatic nitrogens is 2. The van der Waals surface area contributed by atoms with Crippen molar-refractivity contribution in [2.75, 3.05) is 0 Å². The molecule has 5 nitrogen and oxygen atoms in total. The minimum atomic E-state index is 0.784. The van der Waals surface area contributed by atoms with Crippen molar-refractivity contribution in [2.24, 2.45) is 4.99 Å². The minimum Gasteiger partial charge on any atom is -0.346 e. The third-order valence-corrected chi connectivity index (χ3v) is 2.49. The predicted octanol–water partition coefficient (Wildman–Crippen LogP) is 2.42.